The van der Waals surface area contributed by atoms with E-state index in [1.807, 2.05) is 6.07 Å². The molecule has 6 nitrogen and oxygen atoms in total. The summed E-state index contributed by atoms with van der Waals surface area (Å²) in [5, 5.41) is 17.5. The van der Waals surface area contributed by atoms with E-state index in [4.69, 9.17) is 16.1 Å². The van der Waals surface area contributed by atoms with E-state index in [-0.39, 0.29) is 23.6 Å². The van der Waals surface area contributed by atoms with Gasteiger partial charge >= 0.3 is 0 Å². The molecular formula is C12H17N3O3S. The number of anilines is 1. The van der Waals surface area contributed by atoms with E-state index in [1.54, 1.807) is 0 Å². The van der Waals surface area contributed by atoms with Crippen LogP contribution in [0.1, 0.15) is 24.8 Å². The molecule has 0 aliphatic rings. The van der Waals surface area contributed by atoms with Crippen molar-refractivity contribution in [3.05, 3.63) is 23.8 Å². The predicted octanol–water partition coefficient (Wildman–Crippen LogP) is 0.581. The first-order valence-corrected chi connectivity index (χ1v) is 7.39. The van der Waals surface area contributed by atoms with Gasteiger partial charge in [0, 0.05) is 18.8 Å². The molecule has 1 rings (SSSR count). The predicted molar refractivity (Wildman–Crippen MR) is 71.7 cm³/mol. The third kappa shape index (κ3) is 4.52. The number of nitrogens with one attached hydrogen (secondary N) is 1. The first-order chi connectivity index (χ1) is 9.01. The third-order valence-corrected chi connectivity index (χ3v) is 4.06. The molecule has 0 fully saturated rings. The van der Waals surface area contributed by atoms with Crippen LogP contribution in [0.25, 0.3) is 0 Å². The summed E-state index contributed by atoms with van der Waals surface area (Å²) in [6.45, 7) is 0.376. The summed E-state index contributed by atoms with van der Waals surface area (Å²) in [5.74, 6) is 0. The van der Waals surface area contributed by atoms with Gasteiger partial charge in [0.25, 0.3) is 0 Å². The zero-order valence-corrected chi connectivity index (χ0v) is 11.3. The van der Waals surface area contributed by atoms with Crippen molar-refractivity contribution in [3.8, 4) is 6.07 Å². The molecule has 0 saturated heterocycles. The monoisotopic (exact) mass is 283 g/mol. The van der Waals surface area contributed by atoms with Crippen LogP contribution in [0.3, 0.4) is 0 Å². The molecule has 0 atom stereocenters. The number of benzene rings is 1. The number of sulfonamides is 1. The molecule has 0 aliphatic carbocycles. The van der Waals surface area contributed by atoms with Gasteiger partial charge in [-0.15, -0.1) is 0 Å². The number of hydrogen-bond donors (Lipinski definition) is 3. The molecule has 0 aromatic heterocycles. The molecule has 0 amide bonds. The molecule has 7 heteroatoms. The van der Waals surface area contributed by atoms with Crippen molar-refractivity contribution in [1.82, 2.24) is 4.72 Å². The van der Waals surface area contributed by atoms with Gasteiger partial charge in [-0.2, -0.15) is 5.26 Å². The summed E-state index contributed by atoms with van der Waals surface area (Å²) in [6.07, 6.45) is 2.02. The van der Waals surface area contributed by atoms with E-state index in [9.17, 15) is 8.42 Å². The van der Waals surface area contributed by atoms with Crippen molar-refractivity contribution < 1.29 is 13.5 Å². The number of nitrogens with two attached hydrogens (primary N) is 1. The van der Waals surface area contributed by atoms with E-state index in [1.165, 1.54) is 18.2 Å². The summed E-state index contributed by atoms with van der Waals surface area (Å²) < 4.78 is 26.4. The number of hydrogen-bond acceptors (Lipinski definition) is 5. The summed E-state index contributed by atoms with van der Waals surface area (Å²) in [5.41, 5.74) is 5.89. The largest absolute Gasteiger partial charge is 0.399 e. The van der Waals surface area contributed by atoms with Crippen LogP contribution in [0.15, 0.2) is 23.1 Å². The van der Waals surface area contributed by atoms with Gasteiger partial charge in [0.15, 0.2) is 0 Å². The standard InChI is InChI=1S/C12H17N3O3S/c13-9-10-8-11(14)4-5-12(10)19(17,18)15-6-2-1-3-7-16/h4-5,8,15-16H,1-3,6-7,14H2. The van der Waals surface area contributed by atoms with Crippen molar-refractivity contribution in [2.75, 3.05) is 18.9 Å². The first kappa shape index (κ1) is 15.4. The normalized spacial score (nSPS) is 11.2. The van der Waals surface area contributed by atoms with Gasteiger partial charge < -0.3 is 10.8 Å². The maximum absolute atomic E-state index is 12.0. The Balaban J connectivity index is 2.75. The number of aliphatic hydroxyl groups is 1. The number of rotatable bonds is 7. The smallest absolute Gasteiger partial charge is 0.241 e. The Morgan fingerprint density at radius 1 is 1.32 bits per heavy atom. The second-order valence-electron chi connectivity index (χ2n) is 4.05. The van der Waals surface area contributed by atoms with Crippen LogP contribution >= 0.6 is 0 Å². The summed E-state index contributed by atoms with van der Waals surface area (Å²) in [6, 6.07) is 5.92. The summed E-state index contributed by atoms with van der Waals surface area (Å²) in [7, 11) is -3.70. The Kier molecular flexibility index (Phi) is 5.76. The molecule has 0 bridgehead atoms. The van der Waals surface area contributed by atoms with Crippen molar-refractivity contribution >= 4 is 15.7 Å². The van der Waals surface area contributed by atoms with Crippen LogP contribution in [0.4, 0.5) is 5.69 Å². The topological polar surface area (TPSA) is 116 Å². The van der Waals surface area contributed by atoms with E-state index in [0.717, 1.165) is 6.42 Å². The number of nitriles is 1. The highest BCUT2D eigenvalue weighted by Crippen LogP contribution is 2.17. The van der Waals surface area contributed by atoms with Crippen LogP contribution < -0.4 is 10.5 Å². The number of nitrogens with zero attached hydrogens (tertiary/aromatic N) is 1. The van der Waals surface area contributed by atoms with E-state index in [0.29, 0.717) is 18.5 Å². The molecule has 1 aromatic carbocycles. The zero-order valence-electron chi connectivity index (χ0n) is 10.5. The Morgan fingerprint density at radius 3 is 2.68 bits per heavy atom. The SMILES string of the molecule is N#Cc1cc(N)ccc1S(=O)(=O)NCCCCCO. The number of nitrogen functional groups attached to an aromatic ring is 1. The fourth-order valence-electron chi connectivity index (χ4n) is 1.57. The van der Waals surface area contributed by atoms with Crippen LogP contribution in [0, 0.1) is 11.3 Å². The second-order valence-corrected chi connectivity index (χ2v) is 5.78. The van der Waals surface area contributed by atoms with E-state index < -0.39 is 10.0 Å². The van der Waals surface area contributed by atoms with Crippen molar-refractivity contribution in [2.24, 2.45) is 0 Å². The molecule has 4 N–H and O–H groups in total. The minimum absolute atomic E-state index is 0.0304. The van der Waals surface area contributed by atoms with Crippen LogP contribution in [-0.4, -0.2) is 26.7 Å². The van der Waals surface area contributed by atoms with Gasteiger partial charge in [-0.3, -0.25) is 0 Å². The second kappa shape index (κ2) is 7.09. The number of unbranched alkanes of at least 4 members (excludes halogenated alkanes) is 2. The Labute approximate surface area is 112 Å². The highest BCUT2D eigenvalue weighted by molar-refractivity contribution is 7.89. The van der Waals surface area contributed by atoms with E-state index in [2.05, 4.69) is 4.72 Å². The number of aliphatic hydroxyl groups excluding tert-OH is 1. The van der Waals surface area contributed by atoms with Crippen molar-refractivity contribution in [1.29, 1.82) is 5.26 Å². The molecule has 19 heavy (non-hydrogen) atoms. The average Bonchev–Trinajstić information content (AvgIpc) is 2.38. The zero-order chi connectivity index (χ0) is 14.3. The van der Waals surface area contributed by atoms with Gasteiger partial charge in [0.2, 0.25) is 10.0 Å². The fraction of sp³-hybridized carbons (Fsp3) is 0.417. The van der Waals surface area contributed by atoms with Gasteiger partial charge in [0.05, 0.1) is 10.5 Å². The van der Waals surface area contributed by atoms with Crippen LogP contribution in [0.5, 0.6) is 0 Å². The van der Waals surface area contributed by atoms with E-state index >= 15 is 0 Å². The highest BCUT2D eigenvalue weighted by atomic mass is 32.2. The molecule has 0 heterocycles. The Hall–Kier alpha value is -1.62. The average molecular weight is 283 g/mol. The quantitative estimate of drug-likeness (QED) is 0.500. The Bertz CT molecular complexity index is 564. The molecule has 0 radical (unpaired) electrons. The lowest BCUT2D eigenvalue weighted by Crippen LogP contribution is -2.25. The fourth-order valence-corrected chi connectivity index (χ4v) is 2.78. The van der Waals surface area contributed by atoms with Crippen LogP contribution in [0.2, 0.25) is 0 Å². The minimum Gasteiger partial charge on any atom is -0.399 e. The molecule has 1 aromatic rings. The minimum atomic E-state index is -3.70. The molecule has 104 valence electrons. The third-order valence-electron chi connectivity index (χ3n) is 2.54. The lowest BCUT2D eigenvalue weighted by molar-refractivity contribution is 0.283. The summed E-state index contributed by atoms with van der Waals surface area (Å²) in [4.78, 5) is -0.0636. The maximum atomic E-state index is 12.0. The highest BCUT2D eigenvalue weighted by Gasteiger charge is 2.17. The lowest BCUT2D eigenvalue weighted by atomic mass is 10.2. The Morgan fingerprint density at radius 2 is 2.05 bits per heavy atom. The van der Waals surface area contributed by atoms with Crippen LogP contribution in [-0.2, 0) is 10.0 Å². The molecule has 0 saturated carbocycles. The van der Waals surface area contributed by atoms with Gasteiger partial charge in [-0.05, 0) is 37.5 Å². The molecular weight excluding hydrogens is 266 g/mol. The first-order valence-electron chi connectivity index (χ1n) is 5.91. The van der Waals surface area contributed by atoms with Gasteiger partial charge in [-0.25, -0.2) is 13.1 Å². The van der Waals surface area contributed by atoms with Gasteiger partial charge in [0.1, 0.15) is 6.07 Å². The summed E-state index contributed by atoms with van der Waals surface area (Å²) >= 11 is 0. The maximum Gasteiger partial charge on any atom is 0.241 e. The van der Waals surface area contributed by atoms with Gasteiger partial charge in [-0.1, -0.05) is 0 Å². The van der Waals surface area contributed by atoms with Crippen molar-refractivity contribution in [2.45, 2.75) is 24.2 Å². The molecule has 0 aliphatic heterocycles. The lowest BCUT2D eigenvalue weighted by Gasteiger charge is -2.08. The molecule has 0 unspecified atom stereocenters. The molecule has 0 spiro atoms. The van der Waals surface area contributed by atoms with Crippen molar-refractivity contribution in [3.63, 3.8) is 0 Å².